The molecule has 5 heteroatoms. The molecule has 0 aromatic heterocycles. The number of carbonyl (C=O) groups is 3. The van der Waals surface area contributed by atoms with E-state index in [-0.39, 0.29) is 5.92 Å². The first-order valence-electron chi connectivity index (χ1n) is 4.99. The van der Waals surface area contributed by atoms with Crippen molar-refractivity contribution >= 4 is 18.5 Å². The summed E-state index contributed by atoms with van der Waals surface area (Å²) in [4.78, 5) is 33.2. The highest BCUT2D eigenvalue weighted by atomic mass is 16.2. The third-order valence-electron chi connectivity index (χ3n) is 2.08. The molecule has 0 aliphatic carbocycles. The molecule has 15 heavy (non-hydrogen) atoms. The first-order chi connectivity index (χ1) is 7.15. The van der Waals surface area contributed by atoms with Gasteiger partial charge in [-0.15, -0.1) is 0 Å². The highest BCUT2D eigenvalue weighted by Crippen LogP contribution is 2.03. The van der Waals surface area contributed by atoms with Crippen molar-refractivity contribution in [2.45, 2.75) is 19.8 Å². The molecule has 0 unspecified atom stereocenters. The summed E-state index contributed by atoms with van der Waals surface area (Å²) in [5, 5.41) is 2.81. The molecule has 0 fully saturated rings. The summed E-state index contributed by atoms with van der Waals surface area (Å²) in [5.41, 5.74) is 0. The maximum atomic E-state index is 11.1. The third kappa shape index (κ3) is 5.96. The van der Waals surface area contributed by atoms with Crippen molar-refractivity contribution in [3.63, 3.8) is 0 Å². The lowest BCUT2D eigenvalue weighted by molar-refractivity contribution is -0.139. The van der Waals surface area contributed by atoms with Crippen molar-refractivity contribution in [1.82, 2.24) is 10.2 Å². The lowest BCUT2D eigenvalue weighted by Gasteiger charge is -2.19. The highest BCUT2D eigenvalue weighted by molar-refractivity contribution is 6.23. The van der Waals surface area contributed by atoms with Gasteiger partial charge in [-0.1, -0.05) is 6.92 Å². The summed E-state index contributed by atoms with van der Waals surface area (Å²) in [6, 6.07) is 0. The van der Waals surface area contributed by atoms with Gasteiger partial charge in [-0.05, 0) is 19.9 Å². The van der Waals surface area contributed by atoms with E-state index in [0.29, 0.717) is 19.5 Å². The molecule has 0 aromatic carbocycles. The number of nitrogens with zero attached hydrogens (tertiary/aromatic N) is 1. The first-order valence-corrected chi connectivity index (χ1v) is 4.99. The van der Waals surface area contributed by atoms with Crippen molar-refractivity contribution < 1.29 is 14.4 Å². The van der Waals surface area contributed by atoms with Crippen LogP contribution in [0.4, 0.5) is 0 Å². The van der Waals surface area contributed by atoms with Gasteiger partial charge in [0, 0.05) is 12.5 Å². The van der Waals surface area contributed by atoms with Crippen LogP contribution in [0, 0.1) is 5.92 Å². The van der Waals surface area contributed by atoms with Gasteiger partial charge in [0.1, 0.15) is 6.29 Å². The zero-order valence-corrected chi connectivity index (χ0v) is 9.23. The van der Waals surface area contributed by atoms with E-state index in [1.807, 2.05) is 6.92 Å². The molecule has 0 aromatic rings. The fourth-order valence-corrected chi connectivity index (χ4v) is 1.20. The van der Waals surface area contributed by atoms with Gasteiger partial charge in [0.05, 0.1) is 6.67 Å². The molecule has 0 radical (unpaired) electrons. The quantitative estimate of drug-likeness (QED) is 0.345. The Kier molecular flexibility index (Phi) is 7.44. The second-order valence-electron chi connectivity index (χ2n) is 3.49. The Bertz CT molecular complexity index is 219. The van der Waals surface area contributed by atoms with Gasteiger partial charge >= 0.3 is 0 Å². The average molecular weight is 214 g/mol. The van der Waals surface area contributed by atoms with Gasteiger partial charge in [-0.3, -0.25) is 9.59 Å². The molecular weight excluding hydrogens is 196 g/mol. The van der Waals surface area contributed by atoms with Crippen LogP contribution in [0.3, 0.4) is 0 Å². The number of rotatable bonds is 8. The minimum Gasteiger partial charge on any atom is -0.324 e. The van der Waals surface area contributed by atoms with Gasteiger partial charge in [-0.25, -0.2) is 0 Å². The monoisotopic (exact) mass is 214 g/mol. The fourth-order valence-electron chi connectivity index (χ4n) is 1.20. The van der Waals surface area contributed by atoms with Crippen molar-refractivity contribution in [2.75, 3.05) is 20.3 Å². The lowest BCUT2D eigenvalue weighted by atomic mass is 10.1. The summed E-state index contributed by atoms with van der Waals surface area (Å²) in [6.45, 7) is 2.68. The number of amides is 1. The van der Waals surface area contributed by atoms with E-state index in [1.165, 1.54) is 4.90 Å². The first kappa shape index (κ1) is 13.8. The zero-order valence-electron chi connectivity index (χ0n) is 9.23. The van der Waals surface area contributed by atoms with E-state index in [1.54, 1.807) is 7.05 Å². The van der Waals surface area contributed by atoms with Crippen LogP contribution in [0.5, 0.6) is 0 Å². The van der Waals surface area contributed by atoms with E-state index in [0.717, 1.165) is 19.1 Å². The Morgan fingerprint density at radius 2 is 2.13 bits per heavy atom. The molecule has 86 valence electrons. The van der Waals surface area contributed by atoms with Crippen LogP contribution in [0.1, 0.15) is 19.8 Å². The van der Waals surface area contributed by atoms with Gasteiger partial charge in [0.2, 0.25) is 6.29 Å². The number of nitrogens with one attached hydrogen (secondary N) is 1. The van der Waals surface area contributed by atoms with Crippen LogP contribution in [-0.2, 0) is 14.4 Å². The number of hydrogen-bond donors (Lipinski definition) is 1. The van der Waals surface area contributed by atoms with Crippen LogP contribution in [0.15, 0.2) is 0 Å². The molecule has 1 atom stereocenters. The number of hydrogen-bond acceptors (Lipinski definition) is 4. The molecule has 0 aliphatic heterocycles. The Labute approximate surface area is 89.8 Å². The van der Waals surface area contributed by atoms with Crippen LogP contribution in [0.25, 0.3) is 0 Å². The van der Waals surface area contributed by atoms with Crippen LogP contribution >= 0.6 is 0 Å². The van der Waals surface area contributed by atoms with Crippen molar-refractivity contribution in [2.24, 2.45) is 5.92 Å². The van der Waals surface area contributed by atoms with E-state index < -0.39 is 5.91 Å². The maximum absolute atomic E-state index is 11.1. The molecule has 1 N–H and O–H groups in total. The summed E-state index contributed by atoms with van der Waals surface area (Å²) in [6.07, 6.45) is 2.65. The number of carbonyl (C=O) groups excluding carboxylic acids is 3. The Morgan fingerprint density at radius 3 is 2.60 bits per heavy atom. The summed E-state index contributed by atoms with van der Waals surface area (Å²) in [7, 11) is 1.71. The lowest BCUT2D eigenvalue weighted by Crippen LogP contribution is -2.39. The van der Waals surface area contributed by atoms with Gasteiger partial charge < -0.3 is 15.0 Å². The smallest absolute Gasteiger partial charge is 0.287 e. The zero-order chi connectivity index (χ0) is 11.7. The van der Waals surface area contributed by atoms with E-state index in [4.69, 9.17) is 0 Å². The molecule has 0 heterocycles. The van der Waals surface area contributed by atoms with E-state index >= 15 is 0 Å². The van der Waals surface area contributed by atoms with E-state index in [9.17, 15) is 14.4 Å². The SMILES string of the molecule is CNCN(CCC[C@H](C)C=O)C(=O)C=O. The van der Waals surface area contributed by atoms with Crippen LogP contribution in [0.2, 0.25) is 0 Å². The summed E-state index contributed by atoms with van der Waals surface area (Å²) >= 11 is 0. The predicted octanol–water partition coefficient (Wildman–Crippen LogP) is -0.194. The summed E-state index contributed by atoms with van der Waals surface area (Å²) in [5.74, 6) is -0.518. The minimum absolute atomic E-state index is 0.00719. The average Bonchev–Trinajstić information content (AvgIpc) is 2.26. The predicted molar refractivity (Wildman–Crippen MR) is 56.2 cm³/mol. The number of aldehydes is 2. The van der Waals surface area contributed by atoms with Gasteiger partial charge in [0.15, 0.2) is 0 Å². The van der Waals surface area contributed by atoms with E-state index in [2.05, 4.69) is 5.32 Å². The molecule has 5 nitrogen and oxygen atoms in total. The fraction of sp³-hybridized carbons (Fsp3) is 0.700. The van der Waals surface area contributed by atoms with Crippen molar-refractivity contribution in [1.29, 1.82) is 0 Å². The molecule has 0 spiro atoms. The molecule has 0 bridgehead atoms. The minimum atomic E-state index is -0.525. The second-order valence-corrected chi connectivity index (χ2v) is 3.49. The molecule has 0 aliphatic rings. The standard InChI is InChI=1S/C10H18N2O3/c1-9(6-13)4-3-5-12(8-11-2)10(15)7-14/h6-7,9,11H,3-5,8H2,1-2H3/t9-/m0/s1. The third-order valence-corrected chi connectivity index (χ3v) is 2.08. The van der Waals surface area contributed by atoms with Crippen molar-refractivity contribution in [3.05, 3.63) is 0 Å². The molecule has 0 rings (SSSR count). The maximum Gasteiger partial charge on any atom is 0.287 e. The normalized spacial score (nSPS) is 11.9. The second kappa shape index (κ2) is 8.11. The molecule has 1 amide bonds. The van der Waals surface area contributed by atoms with Crippen molar-refractivity contribution in [3.8, 4) is 0 Å². The van der Waals surface area contributed by atoms with Gasteiger partial charge in [0.25, 0.3) is 5.91 Å². The van der Waals surface area contributed by atoms with Gasteiger partial charge in [-0.2, -0.15) is 0 Å². The highest BCUT2D eigenvalue weighted by Gasteiger charge is 2.11. The molecule has 0 saturated carbocycles. The Morgan fingerprint density at radius 1 is 1.47 bits per heavy atom. The topological polar surface area (TPSA) is 66.5 Å². The Balaban J connectivity index is 3.90. The molecule has 0 saturated heterocycles. The van der Waals surface area contributed by atoms with Crippen LogP contribution < -0.4 is 5.32 Å². The molecular formula is C10H18N2O3. The Hall–Kier alpha value is -1.23. The largest absolute Gasteiger partial charge is 0.324 e. The van der Waals surface area contributed by atoms with Crippen LogP contribution in [-0.4, -0.2) is 43.6 Å². The summed E-state index contributed by atoms with van der Waals surface area (Å²) < 4.78 is 0.